The lowest BCUT2D eigenvalue weighted by Crippen LogP contribution is -2.25. The summed E-state index contributed by atoms with van der Waals surface area (Å²) in [5.74, 6) is 0.0539. The number of hydrogen-bond donors (Lipinski definition) is 1. The fraction of sp³-hybridized carbons (Fsp3) is 0.214. The van der Waals surface area contributed by atoms with Gasteiger partial charge in [0, 0.05) is 12.8 Å². The van der Waals surface area contributed by atoms with E-state index in [1.165, 1.54) is 30.0 Å². The standard InChI is InChI=1S/C28H25FN4O4S/c1-36-19-11-7-17(8-12-19)23-15-24(18-9-13-20(37-2)14-10-18)33(32-23)28-31-27(35)25(38-28)16-26(34)30-22-6-4-3-5-21(22)29/h3-14,24-25H,15-16H2,1-2H3,(H,30,34)/t24-,25-/m1/s1. The van der Waals surface area contributed by atoms with Crippen molar-refractivity contribution in [2.24, 2.45) is 10.1 Å². The van der Waals surface area contributed by atoms with E-state index in [2.05, 4.69) is 10.3 Å². The first-order valence-corrected chi connectivity index (χ1v) is 12.8. The molecular formula is C28H25FN4O4S. The number of methoxy groups -OCH3 is 2. The van der Waals surface area contributed by atoms with Crippen LogP contribution in [0.5, 0.6) is 11.5 Å². The number of halogens is 1. The molecule has 0 fully saturated rings. The van der Waals surface area contributed by atoms with Gasteiger partial charge in [-0.05, 0) is 59.7 Å². The van der Waals surface area contributed by atoms with Gasteiger partial charge >= 0.3 is 0 Å². The number of benzene rings is 3. The number of nitrogens with one attached hydrogen (secondary N) is 1. The zero-order chi connectivity index (χ0) is 26.6. The number of rotatable bonds is 7. The zero-order valence-electron chi connectivity index (χ0n) is 20.8. The van der Waals surface area contributed by atoms with Gasteiger partial charge in [-0.25, -0.2) is 9.40 Å². The molecule has 2 heterocycles. The van der Waals surface area contributed by atoms with Crippen LogP contribution in [-0.4, -0.2) is 47.2 Å². The van der Waals surface area contributed by atoms with Gasteiger partial charge in [0.2, 0.25) is 5.91 Å². The molecule has 8 nitrogen and oxygen atoms in total. The summed E-state index contributed by atoms with van der Waals surface area (Å²) in [6, 6.07) is 21.0. The molecule has 0 saturated heterocycles. The van der Waals surface area contributed by atoms with E-state index in [-0.39, 0.29) is 18.2 Å². The van der Waals surface area contributed by atoms with E-state index in [1.807, 2.05) is 48.5 Å². The number of amides is 2. The van der Waals surface area contributed by atoms with E-state index < -0.39 is 22.9 Å². The average molecular weight is 533 g/mol. The van der Waals surface area contributed by atoms with Crippen molar-refractivity contribution in [2.45, 2.75) is 24.1 Å². The molecular weight excluding hydrogens is 507 g/mol. The van der Waals surface area contributed by atoms with Crippen LogP contribution in [0, 0.1) is 5.82 Å². The van der Waals surface area contributed by atoms with Crippen molar-refractivity contribution < 1.29 is 23.5 Å². The number of amidine groups is 1. The monoisotopic (exact) mass is 532 g/mol. The Balaban J connectivity index is 1.36. The lowest BCUT2D eigenvalue weighted by molar-refractivity contribution is -0.121. The van der Waals surface area contributed by atoms with Gasteiger partial charge in [0.05, 0.1) is 31.7 Å². The number of anilines is 1. The SMILES string of the molecule is COc1ccc(C2=NN(C3=NC(=O)[C@@H](CC(=O)Nc4ccccc4F)S3)[C@@H](c3ccc(OC)cc3)C2)cc1. The maximum absolute atomic E-state index is 13.9. The molecule has 2 atom stereocenters. The number of thioether (sulfide) groups is 1. The van der Waals surface area contributed by atoms with Gasteiger partial charge in [0.15, 0.2) is 5.17 Å². The Kier molecular flexibility index (Phi) is 7.41. The third kappa shape index (κ3) is 5.40. The summed E-state index contributed by atoms with van der Waals surface area (Å²) in [6.07, 6.45) is 0.450. The fourth-order valence-electron chi connectivity index (χ4n) is 4.27. The van der Waals surface area contributed by atoms with Crippen LogP contribution in [0.2, 0.25) is 0 Å². The maximum atomic E-state index is 13.9. The van der Waals surface area contributed by atoms with Crippen LogP contribution >= 0.6 is 11.8 Å². The normalized spacial score (nSPS) is 18.7. The Labute approximate surface area is 223 Å². The first kappa shape index (κ1) is 25.5. The smallest absolute Gasteiger partial charge is 0.262 e. The van der Waals surface area contributed by atoms with Gasteiger partial charge in [0.1, 0.15) is 22.6 Å². The molecule has 0 spiro atoms. The van der Waals surface area contributed by atoms with Crippen molar-refractivity contribution >= 4 is 40.1 Å². The molecule has 194 valence electrons. The first-order chi connectivity index (χ1) is 18.4. The van der Waals surface area contributed by atoms with Crippen LogP contribution < -0.4 is 14.8 Å². The Morgan fingerprint density at radius 1 is 1.03 bits per heavy atom. The molecule has 38 heavy (non-hydrogen) atoms. The molecule has 0 aromatic heterocycles. The van der Waals surface area contributed by atoms with E-state index in [4.69, 9.17) is 14.6 Å². The second-order valence-electron chi connectivity index (χ2n) is 8.68. The van der Waals surface area contributed by atoms with Crippen molar-refractivity contribution in [3.8, 4) is 11.5 Å². The van der Waals surface area contributed by atoms with E-state index in [1.54, 1.807) is 25.3 Å². The number of hydrazone groups is 1. The van der Waals surface area contributed by atoms with E-state index in [9.17, 15) is 14.0 Å². The first-order valence-electron chi connectivity index (χ1n) is 11.9. The largest absolute Gasteiger partial charge is 0.497 e. The number of carbonyl (C=O) groups is 2. The van der Waals surface area contributed by atoms with Gasteiger partial charge in [-0.2, -0.15) is 10.1 Å². The number of para-hydroxylation sites is 1. The quantitative estimate of drug-likeness (QED) is 0.459. The molecule has 2 aliphatic heterocycles. The van der Waals surface area contributed by atoms with Crippen LogP contribution in [0.15, 0.2) is 82.9 Å². The minimum Gasteiger partial charge on any atom is -0.497 e. The maximum Gasteiger partial charge on any atom is 0.262 e. The van der Waals surface area contributed by atoms with E-state index in [0.717, 1.165) is 28.3 Å². The van der Waals surface area contributed by atoms with Gasteiger partial charge in [-0.3, -0.25) is 9.59 Å². The van der Waals surface area contributed by atoms with Crippen LogP contribution in [0.1, 0.15) is 30.0 Å². The topological polar surface area (TPSA) is 92.6 Å². The molecule has 1 N–H and O–H groups in total. The minimum atomic E-state index is -0.728. The van der Waals surface area contributed by atoms with Crippen molar-refractivity contribution in [3.05, 3.63) is 89.7 Å². The van der Waals surface area contributed by atoms with Gasteiger partial charge in [0.25, 0.3) is 5.91 Å². The lowest BCUT2D eigenvalue weighted by atomic mass is 9.98. The molecule has 2 amide bonds. The summed E-state index contributed by atoms with van der Waals surface area (Å²) >= 11 is 1.19. The summed E-state index contributed by atoms with van der Waals surface area (Å²) in [6.45, 7) is 0. The van der Waals surface area contributed by atoms with Crippen molar-refractivity contribution in [3.63, 3.8) is 0 Å². The molecule has 5 rings (SSSR count). The molecule has 0 aliphatic carbocycles. The summed E-state index contributed by atoms with van der Waals surface area (Å²) in [5.41, 5.74) is 2.82. The number of nitrogens with zero attached hydrogens (tertiary/aromatic N) is 3. The van der Waals surface area contributed by atoms with Gasteiger partial charge in [-0.15, -0.1) is 0 Å². The van der Waals surface area contributed by atoms with E-state index >= 15 is 0 Å². The molecule has 3 aromatic carbocycles. The lowest BCUT2D eigenvalue weighted by Gasteiger charge is -2.23. The molecule has 0 saturated carbocycles. The van der Waals surface area contributed by atoms with Crippen molar-refractivity contribution in [2.75, 3.05) is 19.5 Å². The predicted molar refractivity (Wildman–Crippen MR) is 145 cm³/mol. The highest BCUT2D eigenvalue weighted by atomic mass is 32.2. The molecule has 2 aliphatic rings. The van der Waals surface area contributed by atoms with Crippen LogP contribution in [-0.2, 0) is 9.59 Å². The summed E-state index contributed by atoms with van der Waals surface area (Å²) in [4.78, 5) is 29.6. The second kappa shape index (κ2) is 11.1. The average Bonchev–Trinajstić information content (AvgIpc) is 3.54. The zero-order valence-corrected chi connectivity index (χ0v) is 21.6. The third-order valence-corrected chi connectivity index (χ3v) is 7.42. The number of hydrogen-bond acceptors (Lipinski definition) is 7. The van der Waals surface area contributed by atoms with Crippen molar-refractivity contribution in [1.29, 1.82) is 0 Å². The number of aliphatic imine (C=N–C) groups is 1. The van der Waals surface area contributed by atoms with Crippen LogP contribution in [0.3, 0.4) is 0 Å². The molecule has 0 bridgehead atoms. The summed E-state index contributed by atoms with van der Waals surface area (Å²) < 4.78 is 24.5. The summed E-state index contributed by atoms with van der Waals surface area (Å²) in [5, 5.41) is 8.82. The highest BCUT2D eigenvalue weighted by Gasteiger charge is 2.39. The molecule has 3 aromatic rings. The van der Waals surface area contributed by atoms with E-state index in [0.29, 0.717) is 11.6 Å². The summed E-state index contributed by atoms with van der Waals surface area (Å²) in [7, 11) is 3.22. The minimum absolute atomic E-state index is 0.0712. The highest BCUT2D eigenvalue weighted by molar-refractivity contribution is 8.15. The Bertz CT molecular complexity index is 1410. The fourth-order valence-corrected chi connectivity index (χ4v) is 5.33. The predicted octanol–water partition coefficient (Wildman–Crippen LogP) is 5.02. The molecule has 10 heteroatoms. The Morgan fingerprint density at radius 3 is 2.34 bits per heavy atom. The third-order valence-electron chi connectivity index (χ3n) is 6.28. The van der Waals surface area contributed by atoms with Gasteiger partial charge < -0.3 is 14.8 Å². The second-order valence-corrected chi connectivity index (χ2v) is 9.85. The number of ether oxygens (including phenoxy) is 2. The van der Waals surface area contributed by atoms with Crippen LogP contribution in [0.25, 0.3) is 0 Å². The highest BCUT2D eigenvalue weighted by Crippen LogP contribution is 2.39. The Hall–Kier alpha value is -4.18. The Morgan fingerprint density at radius 2 is 1.68 bits per heavy atom. The number of carbonyl (C=O) groups excluding carboxylic acids is 2. The molecule has 0 unspecified atom stereocenters. The van der Waals surface area contributed by atoms with Crippen LogP contribution in [0.4, 0.5) is 10.1 Å². The van der Waals surface area contributed by atoms with Gasteiger partial charge in [-0.1, -0.05) is 36.0 Å². The molecule has 0 radical (unpaired) electrons. The van der Waals surface area contributed by atoms with Crippen molar-refractivity contribution in [1.82, 2.24) is 5.01 Å².